The van der Waals surface area contributed by atoms with Gasteiger partial charge in [-0.05, 0) is 38.1 Å². The summed E-state index contributed by atoms with van der Waals surface area (Å²) in [5.74, 6) is -3.10. The molecule has 9 nitrogen and oxygen atoms in total. The van der Waals surface area contributed by atoms with Crippen molar-refractivity contribution >= 4 is 35.2 Å². The highest BCUT2D eigenvalue weighted by molar-refractivity contribution is 5.98. The summed E-state index contributed by atoms with van der Waals surface area (Å²) in [5.41, 5.74) is 4.64. The van der Waals surface area contributed by atoms with Crippen molar-refractivity contribution in [3.8, 4) is 0 Å². The van der Waals surface area contributed by atoms with Crippen LogP contribution in [-0.2, 0) is 19.1 Å². The molecule has 2 aromatic carbocycles. The predicted molar refractivity (Wildman–Crippen MR) is 115 cm³/mol. The molecule has 3 amide bonds. The molecule has 3 rings (SSSR count). The third-order valence-electron chi connectivity index (χ3n) is 4.87. The first-order valence-electron chi connectivity index (χ1n) is 9.98. The number of hydrogen-bond acceptors (Lipinski definition) is 6. The van der Waals surface area contributed by atoms with Gasteiger partial charge >= 0.3 is 5.97 Å². The number of carbonyl (C=O) groups is 5. The lowest BCUT2D eigenvalue weighted by Crippen LogP contribution is -2.43. The second kappa shape index (κ2) is 9.86. The van der Waals surface area contributed by atoms with Gasteiger partial charge in [-0.3, -0.25) is 34.4 Å². The van der Waals surface area contributed by atoms with Gasteiger partial charge in [-0.25, -0.2) is 0 Å². The van der Waals surface area contributed by atoms with Crippen molar-refractivity contribution in [1.82, 2.24) is 10.4 Å². The standard InChI is InChI=1S/C23H23N3O6/c1-14-5-3-7-17(9-14)22(30)25-26-12-18(11-21(26)29)23(31)32-13-20(28)24-19-8-4-6-16(10-19)15(2)27/h3-10,18H,11-13H2,1-2H3,(H,24,28)(H,25,30)/t18-/m1/s1. The van der Waals surface area contributed by atoms with E-state index in [-0.39, 0.29) is 18.7 Å². The van der Waals surface area contributed by atoms with Crippen LogP contribution in [0, 0.1) is 12.8 Å². The van der Waals surface area contributed by atoms with Crippen LogP contribution in [0.2, 0.25) is 0 Å². The summed E-state index contributed by atoms with van der Waals surface area (Å²) < 4.78 is 5.03. The Balaban J connectivity index is 1.49. The van der Waals surface area contributed by atoms with Gasteiger partial charge in [0.1, 0.15) is 0 Å². The summed E-state index contributed by atoms with van der Waals surface area (Å²) in [5, 5.41) is 3.63. The number of nitrogens with zero attached hydrogens (tertiary/aromatic N) is 1. The number of anilines is 1. The number of esters is 1. The quantitative estimate of drug-likeness (QED) is 0.504. The minimum Gasteiger partial charge on any atom is -0.455 e. The average Bonchev–Trinajstić information content (AvgIpc) is 3.12. The van der Waals surface area contributed by atoms with Crippen molar-refractivity contribution < 1.29 is 28.7 Å². The van der Waals surface area contributed by atoms with Crippen LogP contribution >= 0.6 is 0 Å². The highest BCUT2D eigenvalue weighted by Crippen LogP contribution is 2.18. The van der Waals surface area contributed by atoms with E-state index in [2.05, 4.69) is 10.7 Å². The van der Waals surface area contributed by atoms with E-state index in [0.717, 1.165) is 10.6 Å². The number of rotatable bonds is 7. The van der Waals surface area contributed by atoms with Gasteiger partial charge in [-0.1, -0.05) is 29.8 Å². The minimum absolute atomic E-state index is 0.0441. The van der Waals surface area contributed by atoms with Crippen molar-refractivity contribution in [3.63, 3.8) is 0 Å². The zero-order valence-electron chi connectivity index (χ0n) is 17.7. The SMILES string of the molecule is CC(=O)c1cccc(NC(=O)COC(=O)[C@@H]2CC(=O)N(NC(=O)c3cccc(C)c3)C2)c1. The molecular weight excluding hydrogens is 414 g/mol. The number of hydrogen-bond donors (Lipinski definition) is 2. The molecule has 1 fully saturated rings. The molecule has 2 aromatic rings. The molecule has 0 saturated carbocycles. The lowest BCUT2D eigenvalue weighted by molar-refractivity contribution is -0.151. The number of hydrazine groups is 1. The summed E-state index contributed by atoms with van der Waals surface area (Å²) in [7, 11) is 0. The van der Waals surface area contributed by atoms with E-state index in [9.17, 15) is 24.0 Å². The zero-order chi connectivity index (χ0) is 23.3. The number of carbonyl (C=O) groups excluding carboxylic acids is 5. The van der Waals surface area contributed by atoms with E-state index < -0.39 is 36.2 Å². The molecular formula is C23H23N3O6. The van der Waals surface area contributed by atoms with E-state index in [1.165, 1.54) is 13.0 Å². The Morgan fingerprint density at radius 1 is 1.06 bits per heavy atom. The largest absolute Gasteiger partial charge is 0.455 e. The van der Waals surface area contributed by atoms with Crippen LogP contribution < -0.4 is 10.7 Å². The van der Waals surface area contributed by atoms with Gasteiger partial charge < -0.3 is 10.1 Å². The molecule has 1 aliphatic rings. The number of ketones is 1. The normalized spacial score (nSPS) is 15.2. The van der Waals surface area contributed by atoms with Crippen LogP contribution in [0.25, 0.3) is 0 Å². The molecule has 0 aliphatic carbocycles. The van der Waals surface area contributed by atoms with Gasteiger partial charge in [0, 0.05) is 23.2 Å². The number of aryl methyl sites for hydroxylation is 1. The van der Waals surface area contributed by atoms with Gasteiger partial charge in [0.05, 0.1) is 12.5 Å². The molecule has 32 heavy (non-hydrogen) atoms. The van der Waals surface area contributed by atoms with Crippen LogP contribution in [0.5, 0.6) is 0 Å². The van der Waals surface area contributed by atoms with Crippen molar-refractivity contribution in [1.29, 1.82) is 0 Å². The Hall–Kier alpha value is -4.01. The van der Waals surface area contributed by atoms with E-state index in [4.69, 9.17) is 4.74 Å². The molecule has 1 saturated heterocycles. The summed E-state index contributed by atoms with van der Waals surface area (Å²) in [6.07, 6.45) is -0.130. The number of benzene rings is 2. The number of Topliss-reactive ketones (excluding diaryl/α,β-unsaturated/α-hetero) is 1. The molecule has 1 aliphatic heterocycles. The van der Waals surface area contributed by atoms with E-state index in [1.807, 2.05) is 13.0 Å². The average molecular weight is 437 g/mol. The lowest BCUT2D eigenvalue weighted by atomic mass is 10.1. The Kier molecular flexibility index (Phi) is 6.99. The maximum Gasteiger partial charge on any atom is 0.311 e. The minimum atomic E-state index is -0.797. The molecule has 9 heteroatoms. The fourth-order valence-electron chi connectivity index (χ4n) is 3.21. The maximum atomic E-state index is 12.3. The van der Waals surface area contributed by atoms with Crippen molar-refractivity contribution in [2.24, 2.45) is 5.92 Å². The Morgan fingerprint density at radius 3 is 2.50 bits per heavy atom. The molecule has 1 atom stereocenters. The molecule has 0 bridgehead atoms. The van der Waals surface area contributed by atoms with Crippen LogP contribution in [0.1, 0.15) is 39.6 Å². The van der Waals surface area contributed by atoms with Gasteiger partial charge in [0.2, 0.25) is 5.91 Å². The first-order chi connectivity index (χ1) is 15.2. The lowest BCUT2D eigenvalue weighted by Gasteiger charge is -2.17. The highest BCUT2D eigenvalue weighted by Gasteiger charge is 2.36. The molecule has 0 aromatic heterocycles. The van der Waals surface area contributed by atoms with Crippen molar-refractivity contribution in [2.45, 2.75) is 20.3 Å². The van der Waals surface area contributed by atoms with E-state index in [1.54, 1.807) is 36.4 Å². The van der Waals surface area contributed by atoms with Crippen LogP contribution in [-0.4, -0.2) is 47.6 Å². The summed E-state index contributed by atoms with van der Waals surface area (Å²) >= 11 is 0. The Morgan fingerprint density at radius 2 is 1.78 bits per heavy atom. The van der Waals surface area contributed by atoms with Gasteiger partial charge in [-0.15, -0.1) is 0 Å². The van der Waals surface area contributed by atoms with Crippen molar-refractivity contribution in [3.05, 3.63) is 65.2 Å². The third kappa shape index (κ3) is 5.78. The molecule has 0 radical (unpaired) electrons. The maximum absolute atomic E-state index is 12.3. The first-order valence-corrected chi connectivity index (χ1v) is 9.98. The van der Waals surface area contributed by atoms with Crippen molar-refractivity contribution in [2.75, 3.05) is 18.5 Å². The molecule has 0 unspecified atom stereocenters. The van der Waals surface area contributed by atoms with Crippen LogP contribution in [0.15, 0.2) is 48.5 Å². The monoisotopic (exact) mass is 437 g/mol. The zero-order valence-corrected chi connectivity index (χ0v) is 17.7. The smallest absolute Gasteiger partial charge is 0.311 e. The highest BCUT2D eigenvalue weighted by atomic mass is 16.5. The summed E-state index contributed by atoms with van der Waals surface area (Å²) in [4.78, 5) is 60.3. The number of ether oxygens (including phenoxy) is 1. The fraction of sp³-hybridized carbons (Fsp3) is 0.261. The Labute approximate surface area is 184 Å². The summed E-state index contributed by atoms with van der Waals surface area (Å²) in [6.45, 7) is 2.68. The summed E-state index contributed by atoms with van der Waals surface area (Å²) in [6, 6.07) is 13.3. The second-order valence-corrected chi connectivity index (χ2v) is 7.51. The number of nitrogens with one attached hydrogen (secondary N) is 2. The first kappa shape index (κ1) is 22.7. The Bertz CT molecular complexity index is 1080. The second-order valence-electron chi connectivity index (χ2n) is 7.51. The molecule has 166 valence electrons. The van der Waals surface area contributed by atoms with Gasteiger partial charge in [0.25, 0.3) is 11.8 Å². The number of amides is 3. The van der Waals surface area contributed by atoms with Gasteiger partial charge in [-0.2, -0.15) is 0 Å². The van der Waals surface area contributed by atoms with Gasteiger partial charge in [0.15, 0.2) is 12.4 Å². The van der Waals surface area contributed by atoms with E-state index in [0.29, 0.717) is 16.8 Å². The topological polar surface area (TPSA) is 122 Å². The van der Waals surface area contributed by atoms with Crippen LogP contribution in [0.4, 0.5) is 5.69 Å². The van der Waals surface area contributed by atoms with Crippen LogP contribution in [0.3, 0.4) is 0 Å². The fourth-order valence-corrected chi connectivity index (χ4v) is 3.21. The molecule has 1 heterocycles. The predicted octanol–water partition coefficient (Wildman–Crippen LogP) is 1.87. The third-order valence-corrected chi connectivity index (χ3v) is 4.87. The van der Waals surface area contributed by atoms with E-state index >= 15 is 0 Å². The molecule has 2 N–H and O–H groups in total. The molecule has 0 spiro atoms.